The summed E-state index contributed by atoms with van der Waals surface area (Å²) in [7, 11) is -1.91. The number of nitrogens with zero attached hydrogens (tertiary/aromatic N) is 3. The number of halogens is 1. The van der Waals surface area contributed by atoms with Crippen molar-refractivity contribution in [3.63, 3.8) is 0 Å². The fourth-order valence-electron chi connectivity index (χ4n) is 1.55. The molecule has 0 aliphatic carbocycles. The van der Waals surface area contributed by atoms with Crippen LogP contribution in [-0.4, -0.2) is 23.2 Å². The average molecular weight is 316 g/mol. The minimum atomic E-state index is -3.69. The molecule has 0 spiro atoms. The summed E-state index contributed by atoms with van der Waals surface area (Å²) in [4.78, 5) is 3.70. The van der Waals surface area contributed by atoms with Crippen molar-refractivity contribution < 1.29 is 8.42 Å². The van der Waals surface area contributed by atoms with E-state index in [9.17, 15) is 8.42 Å². The SMILES string of the molecule is Cc1c(CNS(=O)(=O)c2cnc(N)c(Cl)c2)cnn1C. The van der Waals surface area contributed by atoms with Crippen LogP contribution in [0.15, 0.2) is 23.4 Å². The Morgan fingerprint density at radius 2 is 2.15 bits per heavy atom. The van der Waals surface area contributed by atoms with Gasteiger partial charge in [0.05, 0.1) is 11.2 Å². The lowest BCUT2D eigenvalue weighted by atomic mass is 10.3. The second kappa shape index (κ2) is 5.39. The van der Waals surface area contributed by atoms with Crippen molar-refractivity contribution in [2.75, 3.05) is 5.73 Å². The van der Waals surface area contributed by atoms with Crippen molar-refractivity contribution in [3.8, 4) is 0 Å². The fourth-order valence-corrected chi connectivity index (χ4v) is 2.76. The smallest absolute Gasteiger partial charge is 0.242 e. The third-order valence-electron chi connectivity index (χ3n) is 2.94. The zero-order chi connectivity index (χ0) is 14.9. The summed E-state index contributed by atoms with van der Waals surface area (Å²) in [6.07, 6.45) is 2.78. The Labute approximate surface area is 121 Å². The normalized spacial score (nSPS) is 11.8. The lowest BCUT2D eigenvalue weighted by Gasteiger charge is -2.07. The number of aryl methyl sites for hydroxylation is 1. The van der Waals surface area contributed by atoms with Gasteiger partial charge in [0.15, 0.2) is 0 Å². The number of sulfonamides is 1. The molecule has 2 heterocycles. The van der Waals surface area contributed by atoms with Crippen LogP contribution in [0.25, 0.3) is 0 Å². The van der Waals surface area contributed by atoms with E-state index in [1.54, 1.807) is 17.9 Å². The highest BCUT2D eigenvalue weighted by Gasteiger charge is 2.17. The zero-order valence-corrected chi connectivity index (χ0v) is 12.5. The van der Waals surface area contributed by atoms with Gasteiger partial charge in [-0.1, -0.05) is 11.6 Å². The number of pyridine rings is 1. The van der Waals surface area contributed by atoms with Gasteiger partial charge in [-0.15, -0.1) is 0 Å². The number of nitrogens with two attached hydrogens (primary N) is 1. The molecule has 2 aromatic rings. The van der Waals surface area contributed by atoms with Gasteiger partial charge in [-0.25, -0.2) is 18.1 Å². The van der Waals surface area contributed by atoms with Crippen molar-refractivity contribution in [1.29, 1.82) is 0 Å². The summed E-state index contributed by atoms with van der Waals surface area (Å²) >= 11 is 5.77. The van der Waals surface area contributed by atoms with Gasteiger partial charge >= 0.3 is 0 Å². The summed E-state index contributed by atoms with van der Waals surface area (Å²) in [6, 6.07) is 1.27. The molecule has 0 aliphatic heterocycles. The van der Waals surface area contributed by atoms with Gasteiger partial charge in [-0.3, -0.25) is 4.68 Å². The number of aromatic nitrogens is 3. The Morgan fingerprint density at radius 1 is 1.45 bits per heavy atom. The van der Waals surface area contributed by atoms with Crippen LogP contribution in [0.1, 0.15) is 11.3 Å². The molecule has 20 heavy (non-hydrogen) atoms. The molecule has 0 unspecified atom stereocenters. The maximum absolute atomic E-state index is 12.1. The maximum Gasteiger partial charge on any atom is 0.242 e. The number of hydrogen-bond donors (Lipinski definition) is 2. The average Bonchev–Trinajstić information content (AvgIpc) is 2.71. The molecule has 0 atom stereocenters. The van der Waals surface area contributed by atoms with E-state index < -0.39 is 10.0 Å². The molecular weight excluding hydrogens is 302 g/mol. The molecule has 2 rings (SSSR count). The molecule has 0 radical (unpaired) electrons. The first-order valence-corrected chi connectivity index (χ1v) is 7.55. The molecule has 0 saturated heterocycles. The molecule has 2 aromatic heterocycles. The predicted molar refractivity (Wildman–Crippen MR) is 75.6 cm³/mol. The van der Waals surface area contributed by atoms with E-state index in [4.69, 9.17) is 17.3 Å². The highest BCUT2D eigenvalue weighted by atomic mass is 35.5. The summed E-state index contributed by atoms with van der Waals surface area (Å²) in [6.45, 7) is 2.00. The zero-order valence-electron chi connectivity index (χ0n) is 11.0. The molecule has 0 saturated carbocycles. The van der Waals surface area contributed by atoms with Gasteiger partial charge in [0.25, 0.3) is 0 Å². The second-order valence-electron chi connectivity index (χ2n) is 4.24. The molecule has 0 aliphatic rings. The minimum Gasteiger partial charge on any atom is -0.382 e. The highest BCUT2D eigenvalue weighted by Crippen LogP contribution is 2.20. The second-order valence-corrected chi connectivity index (χ2v) is 6.42. The quantitative estimate of drug-likeness (QED) is 0.870. The third-order valence-corrected chi connectivity index (χ3v) is 4.62. The summed E-state index contributed by atoms with van der Waals surface area (Å²) in [5, 5.41) is 4.15. The predicted octanol–water partition coefficient (Wildman–Crippen LogP) is 0.838. The summed E-state index contributed by atoms with van der Waals surface area (Å²) in [5.41, 5.74) is 7.14. The van der Waals surface area contributed by atoms with Crippen LogP contribution in [0.3, 0.4) is 0 Å². The topological polar surface area (TPSA) is 103 Å². The largest absolute Gasteiger partial charge is 0.382 e. The maximum atomic E-state index is 12.1. The number of hydrogen-bond acceptors (Lipinski definition) is 5. The van der Waals surface area contributed by atoms with E-state index in [0.29, 0.717) is 0 Å². The number of rotatable bonds is 4. The Kier molecular flexibility index (Phi) is 3.98. The van der Waals surface area contributed by atoms with Crippen LogP contribution >= 0.6 is 11.6 Å². The first-order valence-electron chi connectivity index (χ1n) is 5.69. The van der Waals surface area contributed by atoms with E-state index in [-0.39, 0.29) is 22.3 Å². The molecule has 0 fully saturated rings. The molecule has 0 bridgehead atoms. The van der Waals surface area contributed by atoms with Crippen LogP contribution in [0.4, 0.5) is 5.82 Å². The molecular formula is C11H14ClN5O2S. The van der Waals surface area contributed by atoms with E-state index in [1.165, 1.54) is 12.3 Å². The van der Waals surface area contributed by atoms with E-state index in [2.05, 4.69) is 14.8 Å². The standard InChI is InChI=1S/C11H14ClN5O2S/c1-7-8(4-15-17(7)2)5-16-20(18,19)9-3-10(12)11(13)14-6-9/h3-4,6,16H,5H2,1-2H3,(H2,13,14). The van der Waals surface area contributed by atoms with Crippen LogP contribution in [0.5, 0.6) is 0 Å². The number of anilines is 1. The van der Waals surface area contributed by atoms with Crippen LogP contribution in [-0.2, 0) is 23.6 Å². The third kappa shape index (κ3) is 2.92. The minimum absolute atomic E-state index is 0.0294. The number of nitrogens with one attached hydrogen (secondary N) is 1. The van der Waals surface area contributed by atoms with Crippen molar-refractivity contribution >= 4 is 27.4 Å². The van der Waals surface area contributed by atoms with Gasteiger partial charge in [-0.05, 0) is 13.0 Å². The van der Waals surface area contributed by atoms with Crippen LogP contribution < -0.4 is 10.5 Å². The summed E-state index contributed by atoms with van der Waals surface area (Å²) in [5.74, 6) is 0.0914. The molecule has 0 amide bonds. The van der Waals surface area contributed by atoms with Crippen molar-refractivity contribution in [2.45, 2.75) is 18.4 Å². The van der Waals surface area contributed by atoms with E-state index in [0.717, 1.165) is 11.3 Å². The van der Waals surface area contributed by atoms with Gasteiger partial charge in [-0.2, -0.15) is 5.10 Å². The van der Waals surface area contributed by atoms with E-state index in [1.807, 2.05) is 6.92 Å². The highest BCUT2D eigenvalue weighted by molar-refractivity contribution is 7.89. The molecule has 3 N–H and O–H groups in total. The van der Waals surface area contributed by atoms with Crippen molar-refractivity contribution in [3.05, 3.63) is 34.7 Å². The summed E-state index contributed by atoms with van der Waals surface area (Å²) < 4.78 is 28.4. The molecule has 0 aromatic carbocycles. The monoisotopic (exact) mass is 315 g/mol. The lowest BCUT2D eigenvalue weighted by Crippen LogP contribution is -2.23. The Balaban J connectivity index is 2.19. The molecule has 9 heteroatoms. The molecule has 7 nitrogen and oxygen atoms in total. The number of nitrogen functional groups attached to an aromatic ring is 1. The molecule has 108 valence electrons. The van der Waals surface area contributed by atoms with Gasteiger partial charge < -0.3 is 5.73 Å². The van der Waals surface area contributed by atoms with E-state index >= 15 is 0 Å². The Morgan fingerprint density at radius 3 is 2.70 bits per heavy atom. The van der Waals surface area contributed by atoms with Gasteiger partial charge in [0, 0.05) is 31.0 Å². The first-order chi connectivity index (χ1) is 9.31. The van der Waals surface area contributed by atoms with Crippen molar-refractivity contribution in [2.24, 2.45) is 7.05 Å². The fraction of sp³-hybridized carbons (Fsp3) is 0.273. The lowest BCUT2D eigenvalue weighted by molar-refractivity contribution is 0.580. The van der Waals surface area contributed by atoms with Crippen molar-refractivity contribution in [1.82, 2.24) is 19.5 Å². The van der Waals surface area contributed by atoms with Gasteiger partial charge in [0.2, 0.25) is 10.0 Å². The first kappa shape index (κ1) is 14.8. The van der Waals surface area contributed by atoms with Gasteiger partial charge in [0.1, 0.15) is 10.7 Å². The Bertz CT molecular complexity index is 741. The van der Waals surface area contributed by atoms with Crippen LogP contribution in [0.2, 0.25) is 5.02 Å². The Hall–Kier alpha value is -1.64. The van der Waals surface area contributed by atoms with Crippen LogP contribution in [0, 0.1) is 6.92 Å².